The lowest BCUT2D eigenvalue weighted by atomic mass is 10.0. The SMILES string of the molecule is CC(C)CN1CCC(NC=O)CC1.COc1ccncc1C#N. The number of aromatic nitrogens is 1. The minimum atomic E-state index is 0.418. The van der Waals surface area contributed by atoms with Crippen LogP contribution in [0.4, 0.5) is 0 Å². The number of hydrogen-bond acceptors (Lipinski definition) is 5. The van der Waals surface area contributed by atoms with Crippen LogP contribution in [0, 0.1) is 17.2 Å². The Morgan fingerprint density at radius 2 is 2.22 bits per heavy atom. The first-order chi connectivity index (χ1) is 11.1. The Balaban J connectivity index is 0.000000238. The summed E-state index contributed by atoms with van der Waals surface area (Å²) in [7, 11) is 1.52. The van der Waals surface area contributed by atoms with Crippen LogP contribution in [0.2, 0.25) is 0 Å². The maximum absolute atomic E-state index is 10.2. The zero-order valence-corrected chi connectivity index (χ0v) is 14.2. The van der Waals surface area contributed by atoms with E-state index in [2.05, 4.69) is 29.0 Å². The molecule has 0 aromatic carbocycles. The second kappa shape index (κ2) is 10.6. The molecule has 0 radical (unpaired) electrons. The first kappa shape index (κ1) is 18.9. The highest BCUT2D eigenvalue weighted by molar-refractivity contribution is 5.46. The molecule has 1 aliphatic heterocycles. The number of ether oxygens (including phenoxy) is 1. The summed E-state index contributed by atoms with van der Waals surface area (Å²) < 4.78 is 4.87. The summed E-state index contributed by atoms with van der Waals surface area (Å²) in [4.78, 5) is 16.4. The second-order valence-electron chi connectivity index (χ2n) is 5.94. The molecule has 2 rings (SSSR count). The van der Waals surface area contributed by atoms with Crippen LogP contribution < -0.4 is 10.1 Å². The monoisotopic (exact) mass is 318 g/mol. The number of carbonyl (C=O) groups excluding carboxylic acids is 1. The van der Waals surface area contributed by atoms with Gasteiger partial charge in [-0.1, -0.05) is 13.8 Å². The van der Waals surface area contributed by atoms with Crippen LogP contribution in [-0.4, -0.2) is 49.1 Å². The van der Waals surface area contributed by atoms with E-state index >= 15 is 0 Å². The van der Waals surface area contributed by atoms with Gasteiger partial charge in [-0.25, -0.2) is 0 Å². The second-order valence-corrected chi connectivity index (χ2v) is 5.94. The predicted octanol–water partition coefficient (Wildman–Crippen LogP) is 1.81. The molecule has 1 aromatic rings. The fraction of sp³-hybridized carbons (Fsp3) is 0.588. The third kappa shape index (κ3) is 7.11. The normalized spacial score (nSPS) is 15.3. The highest BCUT2D eigenvalue weighted by Gasteiger charge is 2.18. The maximum atomic E-state index is 10.2. The number of piperidine rings is 1. The van der Waals surface area contributed by atoms with Crippen molar-refractivity contribution in [2.45, 2.75) is 32.7 Å². The Labute approximate surface area is 138 Å². The minimum absolute atomic E-state index is 0.418. The lowest BCUT2D eigenvalue weighted by molar-refractivity contribution is -0.110. The maximum Gasteiger partial charge on any atom is 0.207 e. The van der Waals surface area contributed by atoms with Gasteiger partial charge in [-0.2, -0.15) is 5.26 Å². The number of pyridine rings is 1. The van der Waals surface area contributed by atoms with Gasteiger partial charge < -0.3 is 15.0 Å². The number of hydrogen-bond donors (Lipinski definition) is 1. The molecule has 0 bridgehead atoms. The first-order valence-corrected chi connectivity index (χ1v) is 7.90. The number of nitriles is 1. The van der Waals surface area contributed by atoms with Crippen molar-refractivity contribution in [3.8, 4) is 11.8 Å². The fourth-order valence-electron chi connectivity index (χ4n) is 2.54. The molecule has 1 aromatic heterocycles. The van der Waals surface area contributed by atoms with Gasteiger partial charge in [-0.15, -0.1) is 0 Å². The van der Waals surface area contributed by atoms with Crippen molar-refractivity contribution in [2.24, 2.45) is 5.92 Å². The zero-order valence-electron chi connectivity index (χ0n) is 14.2. The van der Waals surface area contributed by atoms with E-state index < -0.39 is 0 Å². The summed E-state index contributed by atoms with van der Waals surface area (Å²) >= 11 is 0. The summed E-state index contributed by atoms with van der Waals surface area (Å²) in [5.74, 6) is 1.31. The Bertz CT molecular complexity index is 506. The average Bonchev–Trinajstić information content (AvgIpc) is 2.57. The number of nitrogens with zero attached hydrogens (tertiary/aromatic N) is 3. The van der Waals surface area contributed by atoms with Gasteiger partial charge in [0.1, 0.15) is 17.4 Å². The van der Waals surface area contributed by atoms with Crippen molar-refractivity contribution in [1.82, 2.24) is 15.2 Å². The summed E-state index contributed by atoms with van der Waals surface area (Å²) in [6.07, 6.45) is 6.08. The Kier molecular flexibility index (Phi) is 8.70. The molecule has 0 atom stereocenters. The number of likely N-dealkylation sites (tertiary alicyclic amines) is 1. The van der Waals surface area contributed by atoms with E-state index in [0.29, 0.717) is 17.4 Å². The summed E-state index contributed by atoms with van der Waals surface area (Å²) in [5, 5.41) is 11.3. The Hall–Kier alpha value is -2.13. The van der Waals surface area contributed by atoms with Crippen LogP contribution in [0.1, 0.15) is 32.3 Å². The van der Waals surface area contributed by atoms with Crippen molar-refractivity contribution in [1.29, 1.82) is 5.26 Å². The lowest BCUT2D eigenvalue weighted by Gasteiger charge is -2.32. The van der Waals surface area contributed by atoms with E-state index in [1.807, 2.05) is 6.07 Å². The van der Waals surface area contributed by atoms with Gasteiger partial charge >= 0.3 is 0 Å². The van der Waals surface area contributed by atoms with Gasteiger partial charge in [0.15, 0.2) is 0 Å². The van der Waals surface area contributed by atoms with Crippen molar-refractivity contribution >= 4 is 6.41 Å². The molecular formula is C17H26N4O2. The summed E-state index contributed by atoms with van der Waals surface area (Å²) in [5.41, 5.74) is 0.463. The summed E-state index contributed by atoms with van der Waals surface area (Å²) in [6.45, 7) is 7.94. The van der Waals surface area contributed by atoms with E-state index in [0.717, 1.165) is 38.3 Å². The number of amides is 1. The van der Waals surface area contributed by atoms with E-state index in [1.54, 1.807) is 12.3 Å². The number of nitrogens with one attached hydrogen (secondary N) is 1. The molecule has 0 spiro atoms. The molecule has 6 heteroatoms. The Morgan fingerprint density at radius 3 is 2.70 bits per heavy atom. The van der Waals surface area contributed by atoms with E-state index in [4.69, 9.17) is 10.00 Å². The van der Waals surface area contributed by atoms with E-state index in [-0.39, 0.29) is 0 Å². The molecule has 6 nitrogen and oxygen atoms in total. The minimum Gasteiger partial charge on any atom is -0.495 e. The number of carbonyl (C=O) groups is 1. The predicted molar refractivity (Wildman–Crippen MR) is 89.0 cm³/mol. The quantitative estimate of drug-likeness (QED) is 0.838. The van der Waals surface area contributed by atoms with Crippen LogP contribution in [0.3, 0.4) is 0 Å². The third-order valence-corrected chi connectivity index (χ3v) is 3.64. The molecule has 126 valence electrons. The van der Waals surface area contributed by atoms with Crippen molar-refractivity contribution in [3.05, 3.63) is 24.0 Å². The van der Waals surface area contributed by atoms with Crippen molar-refractivity contribution in [2.75, 3.05) is 26.7 Å². The van der Waals surface area contributed by atoms with Gasteiger partial charge in [0, 0.05) is 38.1 Å². The van der Waals surface area contributed by atoms with E-state index in [9.17, 15) is 4.79 Å². The van der Waals surface area contributed by atoms with Gasteiger partial charge in [0.25, 0.3) is 0 Å². The number of methoxy groups -OCH3 is 1. The molecule has 0 unspecified atom stereocenters. The zero-order chi connectivity index (χ0) is 17.1. The summed E-state index contributed by atoms with van der Waals surface area (Å²) in [6, 6.07) is 4.03. The molecule has 1 saturated heterocycles. The molecular weight excluding hydrogens is 292 g/mol. The van der Waals surface area contributed by atoms with Crippen LogP contribution in [0.15, 0.2) is 18.5 Å². The standard InChI is InChI=1S/C10H20N2O.C7H6N2O/c1-9(2)7-12-5-3-10(4-6-12)11-8-13;1-10-7-2-3-9-5-6(7)4-8/h8-10H,3-7H2,1-2H3,(H,11,13);2-3,5H,1H3. The topological polar surface area (TPSA) is 78.2 Å². The van der Waals surface area contributed by atoms with Gasteiger partial charge in [-0.05, 0) is 24.8 Å². The van der Waals surface area contributed by atoms with Crippen LogP contribution in [0.25, 0.3) is 0 Å². The van der Waals surface area contributed by atoms with Crippen LogP contribution in [0.5, 0.6) is 5.75 Å². The highest BCUT2D eigenvalue weighted by Crippen LogP contribution is 2.13. The van der Waals surface area contributed by atoms with E-state index in [1.165, 1.54) is 19.9 Å². The molecule has 23 heavy (non-hydrogen) atoms. The lowest BCUT2D eigenvalue weighted by Crippen LogP contribution is -2.43. The van der Waals surface area contributed by atoms with Crippen LogP contribution >= 0.6 is 0 Å². The molecule has 0 saturated carbocycles. The molecule has 1 amide bonds. The van der Waals surface area contributed by atoms with Gasteiger partial charge in [-0.3, -0.25) is 9.78 Å². The molecule has 1 aliphatic rings. The average molecular weight is 318 g/mol. The van der Waals surface area contributed by atoms with Crippen LogP contribution in [-0.2, 0) is 4.79 Å². The fourth-order valence-corrected chi connectivity index (χ4v) is 2.54. The highest BCUT2D eigenvalue weighted by atomic mass is 16.5. The third-order valence-electron chi connectivity index (χ3n) is 3.64. The molecule has 1 fully saturated rings. The molecule has 0 aliphatic carbocycles. The largest absolute Gasteiger partial charge is 0.495 e. The molecule has 1 N–H and O–H groups in total. The van der Waals surface area contributed by atoms with Gasteiger partial charge in [0.2, 0.25) is 6.41 Å². The smallest absolute Gasteiger partial charge is 0.207 e. The van der Waals surface area contributed by atoms with Crippen molar-refractivity contribution < 1.29 is 9.53 Å². The Morgan fingerprint density at radius 1 is 1.52 bits per heavy atom. The van der Waals surface area contributed by atoms with Crippen molar-refractivity contribution in [3.63, 3.8) is 0 Å². The first-order valence-electron chi connectivity index (χ1n) is 7.90. The van der Waals surface area contributed by atoms with Gasteiger partial charge in [0.05, 0.1) is 7.11 Å². The molecule has 2 heterocycles. The number of rotatable bonds is 5.